The van der Waals surface area contributed by atoms with Gasteiger partial charge in [0.15, 0.2) is 0 Å². The summed E-state index contributed by atoms with van der Waals surface area (Å²) in [5, 5.41) is 8.84. The molecule has 2 aromatic rings. The van der Waals surface area contributed by atoms with Gasteiger partial charge in [-0.2, -0.15) is 0 Å². The highest BCUT2D eigenvalue weighted by Crippen LogP contribution is 2.18. The molecular formula is C13H12N2O4. The Labute approximate surface area is 109 Å². The lowest BCUT2D eigenvalue weighted by Crippen LogP contribution is -2.27. The van der Waals surface area contributed by atoms with Gasteiger partial charge >= 0.3 is 5.97 Å². The fourth-order valence-electron chi connectivity index (χ4n) is 1.55. The zero-order valence-corrected chi connectivity index (χ0v) is 10.5. The van der Waals surface area contributed by atoms with Crippen molar-refractivity contribution in [3.63, 3.8) is 0 Å². The molecule has 0 atom stereocenters. The Morgan fingerprint density at radius 2 is 1.89 bits per heavy atom. The monoisotopic (exact) mass is 260 g/mol. The van der Waals surface area contributed by atoms with Crippen LogP contribution < -0.4 is 4.90 Å². The van der Waals surface area contributed by atoms with E-state index in [9.17, 15) is 9.59 Å². The number of nitrogens with zero attached hydrogens (tertiary/aromatic N) is 2. The van der Waals surface area contributed by atoms with Gasteiger partial charge in [-0.3, -0.25) is 9.69 Å². The minimum atomic E-state index is -1.17. The predicted molar refractivity (Wildman–Crippen MR) is 67.4 cm³/mol. The number of carbonyl (C=O) groups excluding carboxylic acids is 1. The Kier molecular flexibility index (Phi) is 3.33. The van der Waals surface area contributed by atoms with Crippen LogP contribution in [0.3, 0.4) is 0 Å². The summed E-state index contributed by atoms with van der Waals surface area (Å²) in [6, 6.07) is 7.66. The Balaban J connectivity index is 2.29. The first kappa shape index (κ1) is 12.8. The molecule has 0 aliphatic carbocycles. The molecule has 0 saturated carbocycles. The number of anilines is 1. The number of pyridine rings is 1. The molecule has 0 bridgehead atoms. The van der Waals surface area contributed by atoms with Gasteiger partial charge in [0, 0.05) is 13.1 Å². The van der Waals surface area contributed by atoms with Crippen LogP contribution in [-0.4, -0.2) is 29.0 Å². The quantitative estimate of drug-likeness (QED) is 0.911. The largest absolute Gasteiger partial charge is 0.477 e. The highest BCUT2D eigenvalue weighted by atomic mass is 16.4. The lowest BCUT2D eigenvalue weighted by atomic mass is 10.3. The second-order valence-corrected chi connectivity index (χ2v) is 3.96. The smallest absolute Gasteiger partial charge is 0.354 e. The second-order valence-electron chi connectivity index (χ2n) is 3.96. The zero-order chi connectivity index (χ0) is 14.0. The molecule has 0 spiro atoms. The lowest BCUT2D eigenvalue weighted by molar-refractivity contribution is 0.0690. The minimum Gasteiger partial charge on any atom is -0.477 e. The van der Waals surface area contributed by atoms with Gasteiger partial charge in [-0.05, 0) is 25.1 Å². The number of hydrogen-bond donors (Lipinski definition) is 1. The number of carboxylic acids is 1. The molecule has 1 N–H and O–H groups in total. The third kappa shape index (κ3) is 2.62. The maximum Gasteiger partial charge on any atom is 0.354 e. The van der Waals surface area contributed by atoms with E-state index in [1.54, 1.807) is 19.1 Å². The molecule has 6 heteroatoms. The van der Waals surface area contributed by atoms with Gasteiger partial charge in [0.1, 0.15) is 17.1 Å². The summed E-state index contributed by atoms with van der Waals surface area (Å²) in [4.78, 5) is 28.0. The fourth-order valence-corrected chi connectivity index (χ4v) is 1.55. The standard InChI is InChI=1S/C13H12N2O4/c1-8-6-7-11(19-8)15(2)12(16)9-4-3-5-10(14-9)13(17)18/h3-7H,1-2H3,(H,17,18). The number of rotatable bonds is 3. The normalized spacial score (nSPS) is 10.2. The Morgan fingerprint density at radius 3 is 2.47 bits per heavy atom. The van der Waals surface area contributed by atoms with Gasteiger partial charge in [0.25, 0.3) is 5.91 Å². The van der Waals surface area contributed by atoms with Crippen LogP contribution in [0, 0.1) is 6.92 Å². The van der Waals surface area contributed by atoms with E-state index < -0.39 is 11.9 Å². The van der Waals surface area contributed by atoms with Gasteiger partial charge in [0.05, 0.1) is 0 Å². The number of aromatic nitrogens is 1. The van der Waals surface area contributed by atoms with Crippen molar-refractivity contribution in [2.24, 2.45) is 0 Å². The summed E-state index contributed by atoms with van der Waals surface area (Å²) in [6.07, 6.45) is 0. The summed E-state index contributed by atoms with van der Waals surface area (Å²) < 4.78 is 5.33. The zero-order valence-electron chi connectivity index (χ0n) is 10.5. The molecule has 19 heavy (non-hydrogen) atoms. The molecule has 0 aliphatic heterocycles. The number of aromatic carboxylic acids is 1. The third-order valence-corrected chi connectivity index (χ3v) is 2.55. The SMILES string of the molecule is Cc1ccc(N(C)C(=O)c2cccc(C(=O)O)n2)o1. The summed E-state index contributed by atoms with van der Waals surface area (Å²) in [6.45, 7) is 1.77. The van der Waals surface area contributed by atoms with E-state index in [0.717, 1.165) is 0 Å². The summed E-state index contributed by atoms with van der Waals surface area (Å²) in [5.74, 6) is -0.546. The molecule has 0 unspecified atom stereocenters. The van der Waals surface area contributed by atoms with Crippen LogP contribution >= 0.6 is 0 Å². The summed E-state index contributed by atoms with van der Waals surface area (Å²) in [7, 11) is 1.54. The molecule has 0 aromatic carbocycles. The third-order valence-electron chi connectivity index (χ3n) is 2.55. The van der Waals surface area contributed by atoms with E-state index >= 15 is 0 Å². The van der Waals surface area contributed by atoms with Crippen LogP contribution in [0.1, 0.15) is 26.7 Å². The maximum absolute atomic E-state index is 12.1. The van der Waals surface area contributed by atoms with E-state index in [1.165, 1.54) is 30.1 Å². The van der Waals surface area contributed by atoms with Gasteiger partial charge in [-0.25, -0.2) is 9.78 Å². The van der Waals surface area contributed by atoms with E-state index in [2.05, 4.69) is 4.98 Å². The lowest BCUT2D eigenvalue weighted by Gasteiger charge is -2.13. The Hall–Kier alpha value is -2.63. The first-order valence-corrected chi connectivity index (χ1v) is 5.54. The molecule has 1 amide bonds. The van der Waals surface area contributed by atoms with Crippen molar-refractivity contribution in [2.75, 3.05) is 11.9 Å². The average molecular weight is 260 g/mol. The molecule has 0 fully saturated rings. The van der Waals surface area contributed by atoms with E-state index in [1.807, 2.05) is 0 Å². The van der Waals surface area contributed by atoms with Gasteiger partial charge < -0.3 is 9.52 Å². The van der Waals surface area contributed by atoms with Gasteiger partial charge in [-0.1, -0.05) is 6.07 Å². The van der Waals surface area contributed by atoms with Crippen LogP contribution in [0.2, 0.25) is 0 Å². The van der Waals surface area contributed by atoms with Crippen molar-refractivity contribution >= 4 is 17.8 Å². The Morgan fingerprint density at radius 1 is 1.21 bits per heavy atom. The van der Waals surface area contributed by atoms with Crippen LogP contribution in [0.5, 0.6) is 0 Å². The molecule has 2 rings (SSSR count). The molecule has 0 saturated heterocycles. The number of hydrogen-bond acceptors (Lipinski definition) is 4. The number of aryl methyl sites for hydroxylation is 1. The van der Waals surface area contributed by atoms with E-state index in [-0.39, 0.29) is 11.4 Å². The van der Waals surface area contributed by atoms with Crippen molar-refractivity contribution in [3.8, 4) is 0 Å². The maximum atomic E-state index is 12.1. The van der Waals surface area contributed by atoms with Crippen molar-refractivity contribution in [1.82, 2.24) is 4.98 Å². The number of amides is 1. The molecule has 98 valence electrons. The van der Waals surface area contributed by atoms with Crippen molar-refractivity contribution in [1.29, 1.82) is 0 Å². The van der Waals surface area contributed by atoms with E-state index in [4.69, 9.17) is 9.52 Å². The average Bonchev–Trinajstić information content (AvgIpc) is 2.84. The van der Waals surface area contributed by atoms with Crippen LogP contribution in [0.15, 0.2) is 34.7 Å². The number of furan rings is 1. The van der Waals surface area contributed by atoms with Gasteiger partial charge in [-0.15, -0.1) is 0 Å². The van der Waals surface area contributed by atoms with Gasteiger partial charge in [0.2, 0.25) is 5.88 Å². The Bertz CT molecular complexity index is 633. The van der Waals surface area contributed by atoms with Crippen molar-refractivity contribution in [3.05, 3.63) is 47.5 Å². The second kappa shape index (κ2) is 4.93. The van der Waals surface area contributed by atoms with Crippen molar-refractivity contribution in [2.45, 2.75) is 6.92 Å². The first-order valence-electron chi connectivity index (χ1n) is 5.54. The highest BCUT2D eigenvalue weighted by Gasteiger charge is 2.18. The summed E-state index contributed by atoms with van der Waals surface area (Å²) >= 11 is 0. The molecule has 2 aromatic heterocycles. The van der Waals surface area contributed by atoms with Crippen LogP contribution in [-0.2, 0) is 0 Å². The number of carbonyl (C=O) groups is 2. The fraction of sp³-hybridized carbons (Fsp3) is 0.154. The summed E-state index contributed by atoms with van der Waals surface area (Å²) in [5.41, 5.74) is -0.119. The number of carboxylic acid groups (broad SMARTS) is 1. The molecule has 6 nitrogen and oxygen atoms in total. The van der Waals surface area contributed by atoms with E-state index in [0.29, 0.717) is 11.6 Å². The van der Waals surface area contributed by atoms with Crippen LogP contribution in [0.25, 0.3) is 0 Å². The molecule has 2 heterocycles. The molecular weight excluding hydrogens is 248 g/mol. The molecule has 0 radical (unpaired) electrons. The topological polar surface area (TPSA) is 83.6 Å². The first-order chi connectivity index (χ1) is 8.99. The molecule has 0 aliphatic rings. The van der Waals surface area contributed by atoms with Crippen molar-refractivity contribution < 1.29 is 19.1 Å². The highest BCUT2D eigenvalue weighted by molar-refractivity contribution is 6.04. The van der Waals surface area contributed by atoms with Crippen LogP contribution in [0.4, 0.5) is 5.88 Å². The predicted octanol–water partition coefficient (Wildman–Crippen LogP) is 1.96. The minimum absolute atomic E-state index is 0.0523.